The van der Waals surface area contributed by atoms with Gasteiger partial charge in [-0.05, 0) is 30.3 Å². The average Bonchev–Trinajstić information content (AvgIpc) is 3.28. The van der Waals surface area contributed by atoms with Crippen LogP contribution in [0.3, 0.4) is 0 Å². The van der Waals surface area contributed by atoms with E-state index in [0.29, 0.717) is 24.4 Å². The van der Waals surface area contributed by atoms with Crippen LogP contribution in [0.25, 0.3) is 11.3 Å². The Hall–Kier alpha value is -3.15. The van der Waals surface area contributed by atoms with Crippen molar-refractivity contribution in [3.63, 3.8) is 0 Å². The second-order valence-corrected chi connectivity index (χ2v) is 5.86. The summed E-state index contributed by atoms with van der Waals surface area (Å²) in [5.74, 6) is 0.394. The lowest BCUT2D eigenvalue weighted by Gasteiger charge is -2.19. The fourth-order valence-corrected chi connectivity index (χ4v) is 2.97. The highest BCUT2D eigenvalue weighted by Crippen LogP contribution is 2.26. The van der Waals surface area contributed by atoms with Gasteiger partial charge in [0.15, 0.2) is 12.2 Å². The van der Waals surface area contributed by atoms with E-state index in [1.54, 1.807) is 34.2 Å². The number of hydrogen-bond acceptors (Lipinski definition) is 3. The topological polar surface area (TPSA) is 49.6 Å². The molecule has 0 atom stereocenters. The molecule has 4 rings (SSSR count). The molecule has 1 aromatic heterocycles. The second kappa shape index (κ2) is 6.39. The Morgan fingerprint density at radius 2 is 1.88 bits per heavy atom. The first-order valence-electron chi connectivity index (χ1n) is 8.01. The second-order valence-electron chi connectivity index (χ2n) is 5.86. The molecule has 0 aliphatic carbocycles. The normalized spacial score (nSPS) is 14.4. The third-order valence-corrected chi connectivity index (χ3v) is 4.31. The first-order chi connectivity index (χ1) is 12.2. The molecule has 0 radical (unpaired) electrons. The number of aromatic nitrogens is 1. The van der Waals surface area contributed by atoms with Crippen molar-refractivity contribution < 1.29 is 13.6 Å². The van der Waals surface area contributed by atoms with E-state index in [0.717, 1.165) is 11.3 Å². The van der Waals surface area contributed by atoms with Crippen molar-refractivity contribution in [1.82, 2.24) is 9.88 Å². The van der Waals surface area contributed by atoms with E-state index in [9.17, 15) is 9.18 Å². The highest BCUT2D eigenvalue weighted by molar-refractivity contribution is 5.94. The summed E-state index contributed by atoms with van der Waals surface area (Å²) in [6, 6.07) is 14.0. The molecule has 1 fully saturated rings. The van der Waals surface area contributed by atoms with Crippen molar-refractivity contribution >= 4 is 11.7 Å². The summed E-state index contributed by atoms with van der Waals surface area (Å²) in [7, 11) is 0. The Bertz CT molecular complexity index is 878. The van der Waals surface area contributed by atoms with E-state index in [1.807, 2.05) is 24.3 Å². The van der Waals surface area contributed by atoms with E-state index in [2.05, 4.69) is 4.98 Å². The first kappa shape index (κ1) is 15.4. The monoisotopic (exact) mass is 337 g/mol. The van der Waals surface area contributed by atoms with Crippen molar-refractivity contribution in [2.75, 3.05) is 18.0 Å². The van der Waals surface area contributed by atoms with Gasteiger partial charge in [-0.3, -0.25) is 4.90 Å². The Morgan fingerprint density at radius 1 is 1.08 bits per heavy atom. The van der Waals surface area contributed by atoms with Crippen molar-refractivity contribution in [3.8, 4) is 11.3 Å². The Balaban J connectivity index is 1.49. The summed E-state index contributed by atoms with van der Waals surface area (Å²) >= 11 is 0. The SMILES string of the molecule is O=C1N(Cc2ccccc2F)CCN1c1ccc(-c2cnco2)cc1. The first-order valence-corrected chi connectivity index (χ1v) is 8.01. The predicted molar refractivity (Wildman–Crippen MR) is 91.5 cm³/mol. The molecule has 2 heterocycles. The number of amides is 2. The molecule has 0 saturated carbocycles. The van der Waals surface area contributed by atoms with Gasteiger partial charge in [0.25, 0.3) is 0 Å². The maximum Gasteiger partial charge on any atom is 0.324 e. The summed E-state index contributed by atoms with van der Waals surface area (Å²) in [6.07, 6.45) is 3.03. The van der Waals surface area contributed by atoms with Gasteiger partial charge in [0.1, 0.15) is 5.82 Å². The van der Waals surface area contributed by atoms with Crippen LogP contribution in [0, 0.1) is 5.82 Å². The molecule has 0 spiro atoms. The zero-order chi connectivity index (χ0) is 17.2. The van der Waals surface area contributed by atoms with Crippen molar-refractivity contribution in [2.45, 2.75) is 6.54 Å². The lowest BCUT2D eigenvalue weighted by Crippen LogP contribution is -2.31. The molecule has 0 unspecified atom stereocenters. The van der Waals surface area contributed by atoms with Gasteiger partial charge in [-0.25, -0.2) is 14.2 Å². The van der Waals surface area contributed by atoms with Crippen LogP contribution < -0.4 is 4.90 Å². The van der Waals surface area contributed by atoms with Gasteiger partial charge in [-0.15, -0.1) is 0 Å². The molecule has 3 aromatic rings. The number of anilines is 1. The molecule has 2 aromatic carbocycles. The standard InChI is InChI=1S/C19H16FN3O2/c20-17-4-2-1-3-15(17)12-22-9-10-23(19(22)24)16-7-5-14(6-8-16)18-11-21-13-25-18/h1-8,11,13H,9-10,12H2. The molecular formula is C19H16FN3O2. The predicted octanol–water partition coefficient (Wildman–Crippen LogP) is 3.92. The number of oxazole rings is 1. The van der Waals surface area contributed by atoms with E-state index in [1.165, 1.54) is 12.5 Å². The van der Waals surface area contributed by atoms with Gasteiger partial charge in [0.2, 0.25) is 0 Å². The van der Waals surface area contributed by atoms with Crippen molar-refractivity contribution in [3.05, 3.63) is 72.5 Å². The number of halogens is 1. The zero-order valence-electron chi connectivity index (χ0n) is 13.4. The molecular weight excluding hydrogens is 321 g/mol. The van der Waals surface area contributed by atoms with Crippen LogP contribution in [-0.4, -0.2) is 29.0 Å². The fraction of sp³-hybridized carbons (Fsp3) is 0.158. The van der Waals surface area contributed by atoms with E-state index < -0.39 is 0 Å². The molecule has 5 nitrogen and oxygen atoms in total. The van der Waals surface area contributed by atoms with E-state index in [4.69, 9.17) is 4.42 Å². The Kier molecular flexibility index (Phi) is 3.93. The van der Waals surface area contributed by atoms with Gasteiger partial charge >= 0.3 is 6.03 Å². The van der Waals surface area contributed by atoms with E-state index >= 15 is 0 Å². The molecule has 1 saturated heterocycles. The number of rotatable bonds is 4. The minimum Gasteiger partial charge on any atom is -0.444 e. The maximum atomic E-state index is 13.8. The van der Waals surface area contributed by atoms with Gasteiger partial charge in [-0.1, -0.05) is 18.2 Å². The van der Waals surface area contributed by atoms with Crippen LogP contribution in [0.5, 0.6) is 0 Å². The molecule has 6 heteroatoms. The summed E-state index contributed by atoms with van der Waals surface area (Å²) in [5, 5.41) is 0. The molecule has 0 bridgehead atoms. The number of carbonyl (C=O) groups excluding carboxylic acids is 1. The van der Waals surface area contributed by atoms with Gasteiger partial charge < -0.3 is 9.32 Å². The van der Waals surface area contributed by atoms with Crippen molar-refractivity contribution in [1.29, 1.82) is 0 Å². The minimum atomic E-state index is -0.287. The largest absolute Gasteiger partial charge is 0.444 e. The third kappa shape index (κ3) is 2.98. The fourth-order valence-electron chi connectivity index (χ4n) is 2.97. The molecule has 126 valence electrons. The third-order valence-electron chi connectivity index (χ3n) is 4.31. The maximum absolute atomic E-state index is 13.8. The molecule has 25 heavy (non-hydrogen) atoms. The van der Waals surface area contributed by atoms with Crippen molar-refractivity contribution in [2.24, 2.45) is 0 Å². The molecule has 2 amide bonds. The Labute approximate surface area is 144 Å². The number of benzene rings is 2. The summed E-state index contributed by atoms with van der Waals surface area (Å²) in [4.78, 5) is 19.9. The number of nitrogens with zero attached hydrogens (tertiary/aromatic N) is 3. The van der Waals surface area contributed by atoms with Crippen LogP contribution in [0.15, 0.2) is 65.5 Å². The molecule has 0 N–H and O–H groups in total. The van der Waals surface area contributed by atoms with Crippen LogP contribution in [0.2, 0.25) is 0 Å². The number of carbonyl (C=O) groups is 1. The number of hydrogen-bond donors (Lipinski definition) is 0. The lowest BCUT2D eigenvalue weighted by atomic mass is 10.1. The Morgan fingerprint density at radius 3 is 2.60 bits per heavy atom. The summed E-state index contributed by atoms with van der Waals surface area (Å²) in [5.41, 5.74) is 2.23. The smallest absolute Gasteiger partial charge is 0.324 e. The quantitative estimate of drug-likeness (QED) is 0.725. The number of urea groups is 1. The van der Waals surface area contributed by atoms with Crippen LogP contribution in [-0.2, 0) is 6.54 Å². The minimum absolute atomic E-state index is 0.115. The van der Waals surface area contributed by atoms with Crippen LogP contribution in [0.4, 0.5) is 14.9 Å². The van der Waals surface area contributed by atoms with E-state index in [-0.39, 0.29) is 18.4 Å². The van der Waals surface area contributed by atoms with Crippen LogP contribution >= 0.6 is 0 Å². The highest BCUT2D eigenvalue weighted by atomic mass is 19.1. The average molecular weight is 337 g/mol. The molecule has 1 aliphatic rings. The lowest BCUT2D eigenvalue weighted by molar-refractivity contribution is 0.218. The molecule has 1 aliphatic heterocycles. The van der Waals surface area contributed by atoms with Gasteiger partial charge in [0, 0.05) is 29.9 Å². The van der Waals surface area contributed by atoms with Gasteiger partial charge in [0.05, 0.1) is 12.7 Å². The van der Waals surface area contributed by atoms with Crippen LogP contribution in [0.1, 0.15) is 5.56 Å². The highest BCUT2D eigenvalue weighted by Gasteiger charge is 2.29. The summed E-state index contributed by atoms with van der Waals surface area (Å²) in [6.45, 7) is 1.42. The summed E-state index contributed by atoms with van der Waals surface area (Å²) < 4.78 is 19.1. The van der Waals surface area contributed by atoms with Gasteiger partial charge in [-0.2, -0.15) is 0 Å². The zero-order valence-corrected chi connectivity index (χ0v) is 13.4.